The number of aromatic nitrogens is 1. The lowest BCUT2D eigenvalue weighted by molar-refractivity contribution is -0.135. The Hall–Kier alpha value is -2.02. The molecule has 96 valence electrons. The maximum Gasteiger partial charge on any atom is 0.313 e. The van der Waals surface area contributed by atoms with Crippen LogP contribution in [0.3, 0.4) is 0 Å². The summed E-state index contributed by atoms with van der Waals surface area (Å²) in [5, 5.41) is 4.76. The zero-order valence-corrected chi connectivity index (χ0v) is 10.9. The highest BCUT2D eigenvalue weighted by Gasteiger charge is 2.14. The number of rotatable bonds is 3. The number of nitrogens with two attached hydrogens (primary N) is 1. The monoisotopic (exact) mass is 266 g/mol. The van der Waals surface area contributed by atoms with E-state index in [1.165, 1.54) is 0 Å². The van der Waals surface area contributed by atoms with Crippen LogP contribution < -0.4 is 16.4 Å². The number of pyridine rings is 1. The summed E-state index contributed by atoms with van der Waals surface area (Å²) >= 11 is 4.59. The minimum absolute atomic E-state index is 0.00723. The second kappa shape index (κ2) is 6.06. The molecule has 0 saturated heterocycles. The lowest BCUT2D eigenvalue weighted by atomic mass is 10.2. The Labute approximate surface area is 110 Å². The lowest BCUT2D eigenvalue weighted by Crippen LogP contribution is -2.39. The van der Waals surface area contributed by atoms with Gasteiger partial charge in [0.25, 0.3) is 0 Å². The number of hydrogen-bond acceptors (Lipinski definition) is 4. The first kappa shape index (κ1) is 14.0. The number of anilines is 1. The molecule has 0 unspecified atom stereocenters. The molecule has 0 radical (unpaired) electrons. The molecule has 1 aromatic rings. The maximum atomic E-state index is 11.5. The van der Waals surface area contributed by atoms with Gasteiger partial charge in [0.05, 0.1) is 22.9 Å². The van der Waals surface area contributed by atoms with Gasteiger partial charge in [-0.3, -0.25) is 14.6 Å². The number of amides is 2. The first-order chi connectivity index (χ1) is 8.40. The minimum atomic E-state index is -0.789. The van der Waals surface area contributed by atoms with E-state index in [0.717, 1.165) is 5.69 Å². The topological polar surface area (TPSA) is 97.1 Å². The van der Waals surface area contributed by atoms with Crippen LogP contribution in [0.2, 0.25) is 0 Å². The van der Waals surface area contributed by atoms with Crippen molar-refractivity contribution in [3.8, 4) is 0 Å². The van der Waals surface area contributed by atoms with E-state index in [2.05, 4.69) is 27.8 Å². The standard InChI is InChI=1S/C11H14N4O2S/c1-6-3-4-8(7(2)14-6)15-11(17)10(16)13-5-9(12)18/h3-4H,5H2,1-2H3,(H2,12,18)(H,13,16)(H,15,17). The Bertz CT molecular complexity index is 502. The average molecular weight is 266 g/mol. The van der Waals surface area contributed by atoms with Crippen LogP contribution in [-0.4, -0.2) is 28.3 Å². The fourth-order valence-corrected chi connectivity index (χ4v) is 1.32. The Morgan fingerprint density at radius 2 is 2.00 bits per heavy atom. The van der Waals surface area contributed by atoms with Crippen molar-refractivity contribution in [2.45, 2.75) is 13.8 Å². The van der Waals surface area contributed by atoms with Gasteiger partial charge in [0.1, 0.15) is 0 Å². The van der Waals surface area contributed by atoms with E-state index in [0.29, 0.717) is 11.4 Å². The predicted octanol–water partition coefficient (Wildman–Crippen LogP) is 0.0392. The van der Waals surface area contributed by atoms with Crippen molar-refractivity contribution in [3.63, 3.8) is 0 Å². The fraction of sp³-hybridized carbons (Fsp3) is 0.273. The van der Waals surface area contributed by atoms with Crippen molar-refractivity contribution in [3.05, 3.63) is 23.5 Å². The summed E-state index contributed by atoms with van der Waals surface area (Å²) in [6.45, 7) is 3.58. The second-order valence-electron chi connectivity index (χ2n) is 3.69. The van der Waals surface area contributed by atoms with Gasteiger partial charge in [-0.25, -0.2) is 0 Å². The van der Waals surface area contributed by atoms with Crippen LogP contribution in [0, 0.1) is 13.8 Å². The van der Waals surface area contributed by atoms with Crippen molar-refractivity contribution in [1.82, 2.24) is 10.3 Å². The first-order valence-corrected chi connectivity index (χ1v) is 5.62. The van der Waals surface area contributed by atoms with Gasteiger partial charge in [0.15, 0.2) is 0 Å². The largest absolute Gasteiger partial charge is 0.392 e. The average Bonchev–Trinajstić information content (AvgIpc) is 2.29. The zero-order chi connectivity index (χ0) is 13.7. The van der Waals surface area contributed by atoms with E-state index in [9.17, 15) is 9.59 Å². The molecule has 1 heterocycles. The summed E-state index contributed by atoms with van der Waals surface area (Å²) in [5.41, 5.74) is 7.19. The van der Waals surface area contributed by atoms with E-state index in [1.54, 1.807) is 19.1 Å². The molecule has 0 aromatic carbocycles. The molecule has 0 atom stereocenters. The maximum absolute atomic E-state index is 11.5. The van der Waals surface area contributed by atoms with Gasteiger partial charge in [0.2, 0.25) is 0 Å². The Kier molecular flexibility index (Phi) is 4.73. The Morgan fingerprint density at radius 1 is 1.33 bits per heavy atom. The Morgan fingerprint density at radius 3 is 2.56 bits per heavy atom. The van der Waals surface area contributed by atoms with E-state index >= 15 is 0 Å². The summed E-state index contributed by atoms with van der Waals surface area (Å²) in [6.07, 6.45) is 0. The van der Waals surface area contributed by atoms with Crippen LogP contribution >= 0.6 is 12.2 Å². The normalized spacial score (nSPS) is 9.67. The molecule has 0 aliphatic heterocycles. The molecule has 6 nitrogen and oxygen atoms in total. The van der Waals surface area contributed by atoms with Crippen molar-refractivity contribution in [1.29, 1.82) is 0 Å². The highest BCUT2D eigenvalue weighted by Crippen LogP contribution is 2.12. The number of carbonyl (C=O) groups is 2. The molecule has 7 heteroatoms. The molecule has 1 aromatic heterocycles. The van der Waals surface area contributed by atoms with Crippen LogP contribution in [0.4, 0.5) is 5.69 Å². The van der Waals surface area contributed by atoms with Gasteiger partial charge in [-0.1, -0.05) is 12.2 Å². The number of aryl methyl sites for hydroxylation is 2. The molecular weight excluding hydrogens is 252 g/mol. The summed E-state index contributed by atoms with van der Waals surface area (Å²) in [7, 11) is 0. The molecule has 2 amide bonds. The third-order valence-electron chi connectivity index (χ3n) is 2.10. The summed E-state index contributed by atoms with van der Waals surface area (Å²) in [5.74, 6) is -1.57. The van der Waals surface area contributed by atoms with Gasteiger partial charge < -0.3 is 16.4 Å². The van der Waals surface area contributed by atoms with Gasteiger partial charge >= 0.3 is 11.8 Å². The fourth-order valence-electron chi connectivity index (χ4n) is 1.25. The van der Waals surface area contributed by atoms with Crippen molar-refractivity contribution >= 4 is 34.7 Å². The summed E-state index contributed by atoms with van der Waals surface area (Å²) < 4.78 is 0. The molecular formula is C11H14N4O2S. The van der Waals surface area contributed by atoms with Gasteiger partial charge in [-0.2, -0.15) is 0 Å². The predicted molar refractivity (Wildman–Crippen MR) is 72.1 cm³/mol. The van der Waals surface area contributed by atoms with Crippen molar-refractivity contribution in [2.75, 3.05) is 11.9 Å². The number of hydrogen-bond donors (Lipinski definition) is 3. The summed E-state index contributed by atoms with van der Waals surface area (Å²) in [6, 6.07) is 3.44. The SMILES string of the molecule is Cc1ccc(NC(=O)C(=O)NCC(N)=S)c(C)n1. The van der Waals surface area contributed by atoms with E-state index in [-0.39, 0.29) is 11.5 Å². The van der Waals surface area contributed by atoms with Crippen LogP contribution in [0.25, 0.3) is 0 Å². The smallest absolute Gasteiger partial charge is 0.313 e. The Balaban J connectivity index is 2.64. The van der Waals surface area contributed by atoms with E-state index in [1.807, 2.05) is 6.92 Å². The number of thiocarbonyl (C=S) groups is 1. The molecule has 0 spiro atoms. The third kappa shape index (κ3) is 4.10. The molecule has 18 heavy (non-hydrogen) atoms. The lowest BCUT2D eigenvalue weighted by Gasteiger charge is -2.08. The quantitative estimate of drug-likeness (QED) is 0.530. The van der Waals surface area contributed by atoms with Gasteiger partial charge in [0, 0.05) is 5.69 Å². The van der Waals surface area contributed by atoms with Crippen LogP contribution in [0.5, 0.6) is 0 Å². The highest BCUT2D eigenvalue weighted by molar-refractivity contribution is 7.80. The minimum Gasteiger partial charge on any atom is -0.392 e. The third-order valence-corrected chi connectivity index (χ3v) is 2.25. The first-order valence-electron chi connectivity index (χ1n) is 5.22. The molecule has 1 rings (SSSR count). The van der Waals surface area contributed by atoms with Crippen molar-refractivity contribution in [2.24, 2.45) is 5.73 Å². The van der Waals surface area contributed by atoms with E-state index < -0.39 is 11.8 Å². The van der Waals surface area contributed by atoms with Crippen LogP contribution in [-0.2, 0) is 9.59 Å². The number of nitrogens with one attached hydrogen (secondary N) is 2. The number of carbonyl (C=O) groups excluding carboxylic acids is 2. The molecule has 4 N–H and O–H groups in total. The second-order valence-corrected chi connectivity index (χ2v) is 4.21. The molecule has 0 aliphatic carbocycles. The molecule has 0 aliphatic rings. The van der Waals surface area contributed by atoms with E-state index in [4.69, 9.17) is 5.73 Å². The van der Waals surface area contributed by atoms with Gasteiger partial charge in [-0.05, 0) is 26.0 Å². The van der Waals surface area contributed by atoms with Gasteiger partial charge in [-0.15, -0.1) is 0 Å². The molecule has 0 fully saturated rings. The number of nitrogens with zero attached hydrogens (tertiary/aromatic N) is 1. The van der Waals surface area contributed by atoms with Crippen molar-refractivity contribution < 1.29 is 9.59 Å². The highest BCUT2D eigenvalue weighted by atomic mass is 32.1. The summed E-state index contributed by atoms with van der Waals surface area (Å²) in [4.78, 5) is 27.2. The van der Waals surface area contributed by atoms with Crippen LogP contribution in [0.15, 0.2) is 12.1 Å². The van der Waals surface area contributed by atoms with Crippen LogP contribution in [0.1, 0.15) is 11.4 Å². The molecule has 0 saturated carbocycles. The molecule has 0 bridgehead atoms. The zero-order valence-electron chi connectivity index (χ0n) is 10.1.